The first-order valence-electron chi connectivity index (χ1n) is 6.31. The third-order valence-electron chi connectivity index (χ3n) is 2.97. The van der Waals surface area contributed by atoms with Gasteiger partial charge in [0.05, 0.1) is 0 Å². The van der Waals surface area contributed by atoms with Crippen LogP contribution in [0, 0.1) is 6.92 Å². The molecule has 5 heteroatoms. The lowest BCUT2D eigenvalue weighted by molar-refractivity contribution is 0.0953. The van der Waals surface area contributed by atoms with Crippen molar-refractivity contribution in [1.82, 2.24) is 15.5 Å². The van der Waals surface area contributed by atoms with Crippen LogP contribution in [0.25, 0.3) is 0 Å². The molecule has 0 unspecified atom stereocenters. The van der Waals surface area contributed by atoms with Crippen molar-refractivity contribution < 1.29 is 4.79 Å². The van der Waals surface area contributed by atoms with Crippen molar-refractivity contribution in [2.75, 3.05) is 12.3 Å². The van der Waals surface area contributed by atoms with E-state index in [1.165, 1.54) is 5.56 Å². The first kappa shape index (κ1) is 13.1. The van der Waals surface area contributed by atoms with Gasteiger partial charge in [0.15, 0.2) is 5.82 Å². The first-order valence-corrected chi connectivity index (χ1v) is 6.31. The average Bonchev–Trinajstić information content (AvgIpc) is 2.75. The van der Waals surface area contributed by atoms with Crippen LogP contribution < -0.4 is 11.1 Å². The highest BCUT2D eigenvalue weighted by Gasteiger charge is 2.15. The van der Waals surface area contributed by atoms with Crippen LogP contribution in [-0.2, 0) is 6.42 Å². The summed E-state index contributed by atoms with van der Waals surface area (Å²) in [5.74, 6) is 0.0786. The van der Waals surface area contributed by atoms with E-state index < -0.39 is 0 Å². The predicted molar refractivity (Wildman–Crippen MR) is 74.8 cm³/mol. The number of H-pyrrole nitrogens is 1. The molecule has 0 atom stereocenters. The second-order valence-corrected chi connectivity index (χ2v) is 4.45. The number of amides is 1. The minimum absolute atomic E-state index is 0.170. The van der Waals surface area contributed by atoms with Gasteiger partial charge in [-0.1, -0.05) is 30.3 Å². The van der Waals surface area contributed by atoms with Crippen molar-refractivity contribution in [1.29, 1.82) is 0 Å². The van der Waals surface area contributed by atoms with Crippen LogP contribution >= 0.6 is 0 Å². The molecular formula is C14H18N4O. The Morgan fingerprint density at radius 1 is 1.37 bits per heavy atom. The Morgan fingerprint density at radius 2 is 2.11 bits per heavy atom. The molecule has 0 fully saturated rings. The fourth-order valence-corrected chi connectivity index (χ4v) is 1.96. The Bertz CT molecular complexity index is 528. The van der Waals surface area contributed by atoms with E-state index >= 15 is 0 Å². The molecule has 0 aliphatic heterocycles. The Kier molecular flexibility index (Phi) is 4.18. The molecule has 1 aromatic carbocycles. The SMILES string of the molecule is Cc1[nH]nc(N)c1C(=O)NCCCc1ccccc1. The summed E-state index contributed by atoms with van der Waals surface area (Å²) >= 11 is 0. The van der Waals surface area contributed by atoms with Gasteiger partial charge in [-0.2, -0.15) is 5.10 Å². The van der Waals surface area contributed by atoms with Crippen molar-refractivity contribution in [3.05, 3.63) is 47.2 Å². The van der Waals surface area contributed by atoms with Crippen LogP contribution in [0.4, 0.5) is 5.82 Å². The highest BCUT2D eigenvalue weighted by atomic mass is 16.1. The van der Waals surface area contributed by atoms with Gasteiger partial charge in [-0.05, 0) is 25.3 Å². The average molecular weight is 258 g/mol. The summed E-state index contributed by atoms with van der Waals surface area (Å²) in [7, 11) is 0. The number of aryl methyl sites for hydroxylation is 2. The minimum Gasteiger partial charge on any atom is -0.382 e. The number of nitrogens with one attached hydrogen (secondary N) is 2. The maximum Gasteiger partial charge on any atom is 0.256 e. The monoisotopic (exact) mass is 258 g/mol. The van der Waals surface area contributed by atoms with E-state index in [4.69, 9.17) is 5.73 Å². The smallest absolute Gasteiger partial charge is 0.256 e. The number of hydrogen-bond donors (Lipinski definition) is 3. The summed E-state index contributed by atoms with van der Waals surface area (Å²) in [4.78, 5) is 11.9. The van der Waals surface area contributed by atoms with Crippen LogP contribution in [-0.4, -0.2) is 22.6 Å². The molecule has 0 aliphatic carbocycles. The number of benzene rings is 1. The van der Waals surface area contributed by atoms with Gasteiger partial charge in [-0.15, -0.1) is 0 Å². The fourth-order valence-electron chi connectivity index (χ4n) is 1.96. The van der Waals surface area contributed by atoms with Crippen LogP contribution in [0.5, 0.6) is 0 Å². The van der Waals surface area contributed by atoms with Gasteiger partial charge in [0.2, 0.25) is 0 Å². The number of aromatic amines is 1. The predicted octanol–water partition coefficient (Wildman–Crippen LogP) is 1.66. The maximum atomic E-state index is 11.9. The number of rotatable bonds is 5. The Morgan fingerprint density at radius 3 is 2.74 bits per heavy atom. The molecule has 0 saturated carbocycles. The third kappa shape index (κ3) is 3.34. The van der Waals surface area contributed by atoms with Gasteiger partial charge < -0.3 is 11.1 Å². The number of hydrogen-bond acceptors (Lipinski definition) is 3. The van der Waals surface area contributed by atoms with E-state index in [9.17, 15) is 4.79 Å². The highest BCUT2D eigenvalue weighted by molar-refractivity contribution is 5.99. The van der Waals surface area contributed by atoms with Gasteiger partial charge in [0, 0.05) is 12.2 Å². The summed E-state index contributed by atoms with van der Waals surface area (Å²) in [6.07, 6.45) is 1.84. The van der Waals surface area contributed by atoms with Crippen LogP contribution in [0.3, 0.4) is 0 Å². The van der Waals surface area contributed by atoms with Crippen LogP contribution in [0.15, 0.2) is 30.3 Å². The van der Waals surface area contributed by atoms with Gasteiger partial charge >= 0.3 is 0 Å². The quantitative estimate of drug-likeness (QED) is 0.713. The third-order valence-corrected chi connectivity index (χ3v) is 2.97. The van der Waals surface area contributed by atoms with E-state index in [1.807, 2.05) is 18.2 Å². The van der Waals surface area contributed by atoms with E-state index in [2.05, 4.69) is 27.6 Å². The first-order chi connectivity index (χ1) is 9.18. The molecule has 0 spiro atoms. The van der Waals surface area contributed by atoms with Gasteiger partial charge in [-0.25, -0.2) is 0 Å². The Balaban J connectivity index is 1.79. The number of carbonyl (C=O) groups is 1. The molecule has 2 aromatic rings. The summed E-state index contributed by atoms with van der Waals surface area (Å²) in [6, 6.07) is 10.2. The lowest BCUT2D eigenvalue weighted by atomic mass is 10.1. The van der Waals surface area contributed by atoms with E-state index in [0.29, 0.717) is 17.8 Å². The van der Waals surface area contributed by atoms with Gasteiger partial charge in [0.1, 0.15) is 5.56 Å². The fraction of sp³-hybridized carbons (Fsp3) is 0.286. The number of nitrogen functional groups attached to an aromatic ring is 1. The molecule has 100 valence electrons. The molecule has 2 rings (SSSR count). The summed E-state index contributed by atoms with van der Waals surface area (Å²) in [5, 5.41) is 9.36. The van der Waals surface area contributed by atoms with E-state index in [-0.39, 0.29) is 11.7 Å². The molecule has 1 amide bonds. The number of nitrogens with two attached hydrogens (primary N) is 1. The zero-order valence-electron chi connectivity index (χ0n) is 10.9. The van der Waals surface area contributed by atoms with Crippen molar-refractivity contribution >= 4 is 11.7 Å². The second-order valence-electron chi connectivity index (χ2n) is 4.45. The standard InChI is InChI=1S/C14H18N4O/c1-10-12(13(15)18-17-10)14(19)16-9-5-8-11-6-3-2-4-7-11/h2-4,6-7H,5,8-9H2,1H3,(H,16,19)(H3,15,17,18). The van der Waals surface area contributed by atoms with Crippen molar-refractivity contribution in [2.24, 2.45) is 0 Å². The number of nitrogens with zero attached hydrogens (tertiary/aromatic N) is 1. The van der Waals surface area contributed by atoms with E-state index in [0.717, 1.165) is 12.8 Å². The molecule has 4 N–H and O–H groups in total. The molecule has 0 radical (unpaired) electrons. The van der Waals surface area contributed by atoms with Crippen molar-refractivity contribution in [3.63, 3.8) is 0 Å². The second kappa shape index (κ2) is 6.04. The lowest BCUT2D eigenvalue weighted by Crippen LogP contribution is -2.25. The van der Waals surface area contributed by atoms with Crippen LogP contribution in [0.1, 0.15) is 28.0 Å². The molecule has 1 heterocycles. The van der Waals surface area contributed by atoms with Crippen molar-refractivity contribution in [2.45, 2.75) is 19.8 Å². The van der Waals surface area contributed by atoms with E-state index in [1.54, 1.807) is 6.92 Å². The zero-order chi connectivity index (χ0) is 13.7. The molecule has 0 aliphatic rings. The van der Waals surface area contributed by atoms with Crippen LogP contribution in [0.2, 0.25) is 0 Å². The normalized spacial score (nSPS) is 10.4. The molecular weight excluding hydrogens is 240 g/mol. The summed E-state index contributed by atoms with van der Waals surface area (Å²) in [5.41, 5.74) is 8.05. The number of carbonyl (C=O) groups excluding carboxylic acids is 1. The van der Waals surface area contributed by atoms with Gasteiger partial charge in [-0.3, -0.25) is 9.89 Å². The molecule has 19 heavy (non-hydrogen) atoms. The Hall–Kier alpha value is -2.30. The molecule has 1 aromatic heterocycles. The zero-order valence-corrected chi connectivity index (χ0v) is 10.9. The van der Waals surface area contributed by atoms with Crippen molar-refractivity contribution in [3.8, 4) is 0 Å². The minimum atomic E-state index is -0.170. The highest BCUT2D eigenvalue weighted by Crippen LogP contribution is 2.11. The largest absolute Gasteiger partial charge is 0.382 e. The molecule has 5 nitrogen and oxygen atoms in total. The maximum absolute atomic E-state index is 11.9. The molecule has 0 saturated heterocycles. The Labute approximate surface area is 112 Å². The summed E-state index contributed by atoms with van der Waals surface area (Å²) < 4.78 is 0. The number of aromatic nitrogens is 2. The topological polar surface area (TPSA) is 83.8 Å². The summed E-state index contributed by atoms with van der Waals surface area (Å²) in [6.45, 7) is 2.40. The van der Waals surface area contributed by atoms with Gasteiger partial charge in [0.25, 0.3) is 5.91 Å². The lowest BCUT2D eigenvalue weighted by Gasteiger charge is -2.05. The molecule has 0 bridgehead atoms. The number of anilines is 1.